The third-order valence-corrected chi connectivity index (χ3v) is 12.4. The Balaban J connectivity index is 1.63. The Morgan fingerprint density at radius 2 is 1.76 bits per heavy atom. The second-order valence-electron chi connectivity index (χ2n) is 14.6. The molecular formula is C32H44N2O4. The number of rotatable bonds is 3. The molecule has 3 fully saturated rings. The van der Waals surface area contributed by atoms with Crippen molar-refractivity contribution in [1.82, 2.24) is 0 Å². The molecule has 38 heavy (non-hydrogen) atoms. The summed E-state index contributed by atoms with van der Waals surface area (Å²) < 4.78 is 5.71. The first-order valence-electron chi connectivity index (χ1n) is 14.5. The summed E-state index contributed by atoms with van der Waals surface area (Å²) >= 11 is 0. The molecule has 0 radical (unpaired) electrons. The summed E-state index contributed by atoms with van der Waals surface area (Å²) in [5.74, 6) is -0.441. The Morgan fingerprint density at radius 3 is 2.42 bits per heavy atom. The van der Waals surface area contributed by atoms with Gasteiger partial charge in [0.05, 0.1) is 18.7 Å². The SMILES string of the molecule is CC1C(=O)C(C#N)=CC2(C)C3=CC(=O)C4C5CC(C)(C)CCC5(COC(=O)CN)CCC4(C)C3(C)CCC12. The second kappa shape index (κ2) is 8.62. The van der Waals surface area contributed by atoms with E-state index in [1.54, 1.807) is 0 Å². The van der Waals surface area contributed by atoms with Gasteiger partial charge in [-0.15, -0.1) is 0 Å². The fourth-order valence-corrected chi connectivity index (χ4v) is 9.90. The number of carbonyl (C=O) groups is 3. The highest BCUT2D eigenvalue weighted by Gasteiger charge is 2.69. The molecule has 0 amide bonds. The predicted octanol–water partition coefficient (Wildman–Crippen LogP) is 5.32. The van der Waals surface area contributed by atoms with Crippen molar-refractivity contribution in [3.8, 4) is 6.07 Å². The van der Waals surface area contributed by atoms with Crippen LogP contribution in [0.5, 0.6) is 0 Å². The van der Waals surface area contributed by atoms with Crippen LogP contribution in [-0.4, -0.2) is 30.7 Å². The molecule has 5 rings (SSSR count). The summed E-state index contributed by atoms with van der Waals surface area (Å²) in [7, 11) is 0. The maximum absolute atomic E-state index is 14.4. The van der Waals surface area contributed by atoms with Crippen LogP contribution in [0.2, 0.25) is 0 Å². The molecule has 206 valence electrons. The van der Waals surface area contributed by atoms with Gasteiger partial charge in [0.25, 0.3) is 0 Å². The van der Waals surface area contributed by atoms with Crippen LogP contribution in [0.3, 0.4) is 0 Å². The van der Waals surface area contributed by atoms with Crippen LogP contribution in [-0.2, 0) is 19.1 Å². The number of esters is 1. The number of nitrogens with zero attached hydrogens (tertiary/aromatic N) is 1. The van der Waals surface area contributed by atoms with Gasteiger partial charge in [-0.25, -0.2) is 0 Å². The number of carbonyl (C=O) groups excluding carboxylic acids is 3. The number of fused-ring (bicyclic) bond motifs is 7. The molecule has 0 heterocycles. The third kappa shape index (κ3) is 3.56. The fraction of sp³-hybridized carbons (Fsp3) is 0.750. The zero-order chi connectivity index (χ0) is 27.9. The summed E-state index contributed by atoms with van der Waals surface area (Å²) in [6.07, 6.45) is 10.4. The number of nitriles is 1. The molecule has 8 unspecified atom stereocenters. The van der Waals surface area contributed by atoms with Crippen molar-refractivity contribution in [2.24, 2.45) is 56.5 Å². The van der Waals surface area contributed by atoms with Crippen molar-refractivity contribution in [2.45, 2.75) is 86.5 Å². The molecule has 6 heteroatoms. The van der Waals surface area contributed by atoms with E-state index in [9.17, 15) is 19.6 Å². The number of ether oxygens (including phenoxy) is 1. The van der Waals surface area contributed by atoms with Gasteiger partial charge >= 0.3 is 5.97 Å². The highest BCUT2D eigenvalue weighted by Crippen LogP contribution is 2.73. The van der Waals surface area contributed by atoms with Gasteiger partial charge in [-0.2, -0.15) is 5.26 Å². The molecular weight excluding hydrogens is 476 g/mol. The molecule has 0 aromatic rings. The molecule has 3 saturated carbocycles. The minimum Gasteiger partial charge on any atom is -0.464 e. The number of Topliss-reactive ketones (excluding diaryl/α,β-unsaturated/α-hetero) is 1. The smallest absolute Gasteiger partial charge is 0.319 e. The fourth-order valence-electron chi connectivity index (χ4n) is 9.90. The van der Waals surface area contributed by atoms with Crippen LogP contribution in [0.1, 0.15) is 86.5 Å². The van der Waals surface area contributed by atoms with Crippen molar-refractivity contribution in [2.75, 3.05) is 13.2 Å². The normalized spacial score (nSPS) is 45.3. The molecule has 6 nitrogen and oxygen atoms in total. The minimum atomic E-state index is -0.494. The molecule has 0 bridgehead atoms. The van der Waals surface area contributed by atoms with E-state index >= 15 is 0 Å². The first-order chi connectivity index (χ1) is 17.7. The first kappa shape index (κ1) is 27.3. The van der Waals surface area contributed by atoms with E-state index in [2.05, 4.69) is 40.7 Å². The third-order valence-electron chi connectivity index (χ3n) is 12.4. The summed E-state index contributed by atoms with van der Waals surface area (Å²) in [4.78, 5) is 39.4. The minimum absolute atomic E-state index is 0.0654. The highest BCUT2D eigenvalue weighted by molar-refractivity contribution is 6.02. The van der Waals surface area contributed by atoms with Gasteiger partial charge < -0.3 is 10.5 Å². The molecule has 5 aliphatic carbocycles. The molecule has 0 aromatic heterocycles. The van der Waals surface area contributed by atoms with Crippen molar-refractivity contribution < 1.29 is 19.1 Å². The van der Waals surface area contributed by atoms with Gasteiger partial charge in [0, 0.05) is 22.7 Å². The van der Waals surface area contributed by atoms with E-state index in [1.807, 2.05) is 19.1 Å². The van der Waals surface area contributed by atoms with Gasteiger partial charge in [0.2, 0.25) is 0 Å². The largest absolute Gasteiger partial charge is 0.464 e. The number of hydrogen-bond donors (Lipinski definition) is 1. The number of ketones is 2. The van der Waals surface area contributed by atoms with Gasteiger partial charge in [-0.3, -0.25) is 14.4 Å². The Morgan fingerprint density at radius 1 is 1.08 bits per heavy atom. The van der Waals surface area contributed by atoms with Gasteiger partial charge in [0.1, 0.15) is 6.07 Å². The average Bonchev–Trinajstić information content (AvgIpc) is 2.86. The molecule has 0 saturated heterocycles. The molecule has 0 aromatic carbocycles. The first-order valence-corrected chi connectivity index (χ1v) is 14.5. The number of allylic oxidation sites excluding steroid dienone is 4. The van der Waals surface area contributed by atoms with Crippen molar-refractivity contribution in [1.29, 1.82) is 5.26 Å². The van der Waals surface area contributed by atoms with Gasteiger partial charge in [-0.1, -0.05) is 53.2 Å². The van der Waals surface area contributed by atoms with Crippen molar-refractivity contribution in [3.63, 3.8) is 0 Å². The van der Waals surface area contributed by atoms with Crippen LogP contribution < -0.4 is 5.73 Å². The molecule has 5 aliphatic rings. The summed E-state index contributed by atoms with van der Waals surface area (Å²) in [6, 6.07) is 2.16. The maximum atomic E-state index is 14.4. The van der Waals surface area contributed by atoms with Crippen LogP contribution in [0.4, 0.5) is 0 Å². The maximum Gasteiger partial charge on any atom is 0.319 e. The average molecular weight is 521 g/mol. The van der Waals surface area contributed by atoms with Crippen LogP contribution in [0.25, 0.3) is 0 Å². The standard InChI is InChI=1S/C32H44N2O4/c1-19-21-7-8-30(5)24(29(21,4)14-20(16-33)27(19)37)13-23(35)26-22-15-28(2,3)9-11-32(22,12-10-31(26,30)6)18-38-25(36)17-34/h13-14,19,21-22,26H,7-12,15,17-18,34H2,1-6H3. The van der Waals surface area contributed by atoms with Crippen LogP contribution in [0.15, 0.2) is 23.3 Å². The topological polar surface area (TPSA) is 110 Å². The second-order valence-corrected chi connectivity index (χ2v) is 14.6. The lowest BCUT2D eigenvalue weighted by Gasteiger charge is -2.68. The van der Waals surface area contributed by atoms with E-state index in [0.717, 1.165) is 50.5 Å². The zero-order valence-corrected chi connectivity index (χ0v) is 24.0. The molecule has 8 atom stereocenters. The predicted molar refractivity (Wildman–Crippen MR) is 144 cm³/mol. The molecule has 2 N–H and O–H groups in total. The Labute approximate surface area is 227 Å². The lowest BCUT2D eigenvalue weighted by Crippen LogP contribution is -2.64. The quantitative estimate of drug-likeness (QED) is 0.505. The van der Waals surface area contributed by atoms with E-state index in [0.29, 0.717) is 6.61 Å². The van der Waals surface area contributed by atoms with E-state index < -0.39 is 5.41 Å². The summed E-state index contributed by atoms with van der Waals surface area (Å²) in [6.45, 7) is 13.6. The monoisotopic (exact) mass is 520 g/mol. The number of nitrogens with two attached hydrogens (primary N) is 1. The lowest BCUT2D eigenvalue weighted by molar-refractivity contribution is -0.183. The van der Waals surface area contributed by atoms with Crippen LogP contribution >= 0.6 is 0 Å². The Hall–Kier alpha value is -2.26. The zero-order valence-electron chi connectivity index (χ0n) is 24.0. The van der Waals surface area contributed by atoms with Gasteiger partial charge in [0.15, 0.2) is 11.6 Å². The van der Waals surface area contributed by atoms with Crippen molar-refractivity contribution >= 4 is 17.5 Å². The van der Waals surface area contributed by atoms with Crippen LogP contribution in [0, 0.1) is 62.1 Å². The summed E-state index contributed by atoms with van der Waals surface area (Å²) in [5, 5.41) is 9.78. The van der Waals surface area contributed by atoms with E-state index in [-0.39, 0.29) is 75.0 Å². The Bertz CT molecular complexity index is 1190. The lowest BCUT2D eigenvalue weighted by atomic mass is 9.35. The van der Waals surface area contributed by atoms with Crippen molar-refractivity contribution in [3.05, 3.63) is 23.3 Å². The summed E-state index contributed by atoms with van der Waals surface area (Å²) in [5.41, 5.74) is 5.84. The molecule has 0 aliphatic heterocycles. The Kier molecular flexibility index (Phi) is 6.19. The van der Waals surface area contributed by atoms with Gasteiger partial charge in [-0.05, 0) is 79.1 Å². The highest BCUT2D eigenvalue weighted by atomic mass is 16.5. The van der Waals surface area contributed by atoms with E-state index in [4.69, 9.17) is 10.5 Å². The number of hydrogen-bond acceptors (Lipinski definition) is 6. The molecule has 0 spiro atoms. The van der Waals surface area contributed by atoms with E-state index in [1.165, 1.54) is 0 Å².